The van der Waals surface area contributed by atoms with Crippen molar-refractivity contribution in [1.82, 2.24) is 5.32 Å². The molecule has 0 aliphatic rings. The Kier molecular flexibility index (Phi) is 5.93. The maximum Gasteiger partial charge on any atom is 0.351 e. The summed E-state index contributed by atoms with van der Waals surface area (Å²) < 4.78 is 11.0. The molecule has 0 saturated heterocycles. The number of benzene rings is 2. The summed E-state index contributed by atoms with van der Waals surface area (Å²) in [5, 5.41) is 6.40. The number of ether oxygens (including phenoxy) is 2. The van der Waals surface area contributed by atoms with Crippen LogP contribution in [-0.4, -0.2) is 32.8 Å². The Balaban J connectivity index is 1.67. The SMILES string of the molecule is COC(=O)c1sc2ccc(NC(=O)NCCc3ccccc3)cc2c1OC. The predicted molar refractivity (Wildman–Crippen MR) is 107 cm³/mol. The molecule has 0 atom stereocenters. The van der Waals surface area contributed by atoms with Crippen LogP contribution in [0.1, 0.15) is 15.2 Å². The van der Waals surface area contributed by atoms with E-state index in [0.717, 1.165) is 22.1 Å². The standard InChI is InChI=1S/C20H20N2O4S/c1-25-17-15-12-14(8-9-16(15)27-18(17)19(23)26-2)22-20(24)21-11-10-13-6-4-3-5-7-13/h3-9,12H,10-11H2,1-2H3,(H2,21,22,24). The molecule has 6 nitrogen and oxygen atoms in total. The van der Waals surface area contributed by atoms with Gasteiger partial charge in [-0.2, -0.15) is 0 Å². The first-order valence-electron chi connectivity index (χ1n) is 8.40. The van der Waals surface area contributed by atoms with Gasteiger partial charge in [-0.15, -0.1) is 11.3 Å². The van der Waals surface area contributed by atoms with Crippen molar-refractivity contribution in [3.63, 3.8) is 0 Å². The Labute approximate surface area is 161 Å². The molecule has 3 aromatic rings. The lowest BCUT2D eigenvalue weighted by molar-refractivity contribution is 0.0603. The molecule has 2 N–H and O–H groups in total. The van der Waals surface area contributed by atoms with E-state index in [1.54, 1.807) is 12.1 Å². The summed E-state index contributed by atoms with van der Waals surface area (Å²) in [6, 6.07) is 15.1. The number of fused-ring (bicyclic) bond motifs is 1. The fraction of sp³-hybridized carbons (Fsp3) is 0.200. The van der Waals surface area contributed by atoms with Crippen LogP contribution < -0.4 is 15.4 Å². The monoisotopic (exact) mass is 384 g/mol. The van der Waals surface area contributed by atoms with E-state index in [0.29, 0.717) is 22.9 Å². The zero-order valence-corrected chi connectivity index (χ0v) is 15.9. The number of methoxy groups -OCH3 is 2. The Hall–Kier alpha value is -3.06. The molecule has 0 fully saturated rings. The molecule has 0 radical (unpaired) electrons. The van der Waals surface area contributed by atoms with E-state index in [1.807, 2.05) is 36.4 Å². The molecule has 3 rings (SSSR count). The van der Waals surface area contributed by atoms with E-state index >= 15 is 0 Å². The number of urea groups is 1. The van der Waals surface area contributed by atoms with Gasteiger partial charge in [0.05, 0.1) is 14.2 Å². The number of carbonyl (C=O) groups excluding carboxylic acids is 2. The molecular formula is C20H20N2O4S. The van der Waals surface area contributed by atoms with Crippen LogP contribution in [0.25, 0.3) is 10.1 Å². The lowest BCUT2D eigenvalue weighted by Gasteiger charge is -2.08. The Morgan fingerprint density at radius 1 is 1.07 bits per heavy atom. The molecule has 1 heterocycles. The number of esters is 1. The lowest BCUT2D eigenvalue weighted by Crippen LogP contribution is -2.30. The van der Waals surface area contributed by atoms with E-state index in [9.17, 15) is 9.59 Å². The van der Waals surface area contributed by atoms with Crippen molar-refractivity contribution in [3.8, 4) is 5.75 Å². The van der Waals surface area contributed by atoms with Crippen molar-refractivity contribution >= 4 is 39.1 Å². The summed E-state index contributed by atoms with van der Waals surface area (Å²) >= 11 is 1.29. The number of amides is 2. The highest BCUT2D eigenvalue weighted by Crippen LogP contribution is 2.39. The third-order valence-corrected chi connectivity index (χ3v) is 5.15. The highest BCUT2D eigenvalue weighted by molar-refractivity contribution is 7.21. The molecule has 1 aromatic heterocycles. The number of hydrogen-bond acceptors (Lipinski definition) is 5. The molecule has 2 amide bonds. The average Bonchev–Trinajstić information content (AvgIpc) is 3.06. The van der Waals surface area contributed by atoms with E-state index in [4.69, 9.17) is 9.47 Å². The van der Waals surface area contributed by atoms with Crippen molar-refractivity contribution in [2.45, 2.75) is 6.42 Å². The molecule has 0 unspecified atom stereocenters. The molecule has 7 heteroatoms. The summed E-state index contributed by atoms with van der Waals surface area (Å²) in [6.45, 7) is 0.534. The van der Waals surface area contributed by atoms with Gasteiger partial charge in [0.1, 0.15) is 0 Å². The average molecular weight is 384 g/mol. The van der Waals surface area contributed by atoms with Crippen molar-refractivity contribution in [1.29, 1.82) is 0 Å². The maximum absolute atomic E-state index is 12.1. The molecule has 0 saturated carbocycles. The largest absolute Gasteiger partial charge is 0.494 e. The number of nitrogens with one attached hydrogen (secondary N) is 2. The van der Waals surface area contributed by atoms with Gasteiger partial charge in [-0.3, -0.25) is 0 Å². The van der Waals surface area contributed by atoms with E-state index in [-0.39, 0.29) is 6.03 Å². The summed E-state index contributed by atoms with van der Waals surface area (Å²) in [5.74, 6) is 0.0104. The highest BCUT2D eigenvalue weighted by atomic mass is 32.1. The molecule has 27 heavy (non-hydrogen) atoms. The second-order valence-corrected chi connectivity index (χ2v) is 6.84. The van der Waals surface area contributed by atoms with Crippen molar-refractivity contribution in [2.75, 3.05) is 26.1 Å². The van der Waals surface area contributed by atoms with Gasteiger partial charge in [0, 0.05) is 22.3 Å². The van der Waals surface area contributed by atoms with Crippen LogP contribution in [-0.2, 0) is 11.2 Å². The van der Waals surface area contributed by atoms with Crippen LogP contribution in [0.2, 0.25) is 0 Å². The van der Waals surface area contributed by atoms with Gasteiger partial charge in [0.15, 0.2) is 10.6 Å². The van der Waals surface area contributed by atoms with Crippen molar-refractivity contribution in [3.05, 3.63) is 59.0 Å². The molecule has 0 spiro atoms. The fourth-order valence-corrected chi connectivity index (χ4v) is 3.79. The molecule has 0 aliphatic heterocycles. The van der Waals surface area contributed by atoms with Crippen LogP contribution in [0.5, 0.6) is 5.75 Å². The van der Waals surface area contributed by atoms with Crippen molar-refractivity contribution in [2.24, 2.45) is 0 Å². The minimum atomic E-state index is -0.443. The van der Waals surface area contributed by atoms with Gasteiger partial charge in [-0.1, -0.05) is 30.3 Å². The molecule has 0 bridgehead atoms. The Morgan fingerprint density at radius 2 is 1.85 bits per heavy atom. The number of hydrogen-bond donors (Lipinski definition) is 2. The van der Waals surface area contributed by atoms with Crippen LogP contribution in [0.15, 0.2) is 48.5 Å². The third kappa shape index (κ3) is 4.38. The van der Waals surface area contributed by atoms with Crippen LogP contribution in [0, 0.1) is 0 Å². The van der Waals surface area contributed by atoms with Crippen LogP contribution >= 0.6 is 11.3 Å². The van der Waals surface area contributed by atoms with Gasteiger partial charge in [-0.25, -0.2) is 9.59 Å². The van der Waals surface area contributed by atoms with Gasteiger partial charge in [-0.05, 0) is 30.2 Å². The number of thiophene rings is 1. The van der Waals surface area contributed by atoms with Gasteiger partial charge >= 0.3 is 12.0 Å². The zero-order valence-electron chi connectivity index (χ0n) is 15.1. The fourth-order valence-electron chi connectivity index (χ4n) is 2.72. The predicted octanol–water partition coefficient (Wildman–Crippen LogP) is 4.06. The minimum Gasteiger partial charge on any atom is -0.494 e. The molecule has 0 aliphatic carbocycles. The normalized spacial score (nSPS) is 10.4. The second kappa shape index (κ2) is 8.55. The quantitative estimate of drug-likeness (QED) is 0.629. The number of rotatable bonds is 6. The summed E-state index contributed by atoms with van der Waals surface area (Å²) in [6.07, 6.45) is 0.758. The summed E-state index contributed by atoms with van der Waals surface area (Å²) in [4.78, 5) is 24.4. The van der Waals surface area contributed by atoms with Crippen LogP contribution in [0.4, 0.5) is 10.5 Å². The second-order valence-electron chi connectivity index (χ2n) is 5.78. The lowest BCUT2D eigenvalue weighted by atomic mass is 10.1. The van der Waals surface area contributed by atoms with E-state index < -0.39 is 5.97 Å². The van der Waals surface area contributed by atoms with Crippen molar-refractivity contribution < 1.29 is 19.1 Å². The van der Waals surface area contributed by atoms with Crippen LogP contribution in [0.3, 0.4) is 0 Å². The Bertz CT molecular complexity index is 953. The minimum absolute atomic E-state index is 0.285. The molecule has 140 valence electrons. The summed E-state index contributed by atoms with van der Waals surface area (Å²) in [5.41, 5.74) is 1.78. The smallest absolute Gasteiger partial charge is 0.351 e. The first-order chi connectivity index (χ1) is 13.1. The van der Waals surface area contributed by atoms with E-state index in [2.05, 4.69) is 10.6 Å². The maximum atomic E-state index is 12.1. The first-order valence-corrected chi connectivity index (χ1v) is 9.21. The van der Waals surface area contributed by atoms with E-state index in [1.165, 1.54) is 25.6 Å². The number of anilines is 1. The van der Waals surface area contributed by atoms with Gasteiger partial charge in [0.25, 0.3) is 0 Å². The summed E-state index contributed by atoms with van der Waals surface area (Å²) in [7, 11) is 2.84. The molecule has 2 aromatic carbocycles. The topological polar surface area (TPSA) is 76.7 Å². The highest BCUT2D eigenvalue weighted by Gasteiger charge is 2.20. The Morgan fingerprint density at radius 3 is 2.56 bits per heavy atom. The molecular weight excluding hydrogens is 364 g/mol. The van der Waals surface area contributed by atoms with Gasteiger partial charge < -0.3 is 20.1 Å². The number of carbonyl (C=O) groups is 2. The first kappa shape index (κ1) is 18.7. The van der Waals surface area contributed by atoms with Gasteiger partial charge in [0.2, 0.25) is 0 Å². The third-order valence-electron chi connectivity index (χ3n) is 4.02. The zero-order chi connectivity index (χ0) is 19.2.